The fraction of sp³-hybridized carbons (Fsp3) is 0.286. The van der Waals surface area contributed by atoms with Gasteiger partial charge >= 0.3 is 0 Å². The summed E-state index contributed by atoms with van der Waals surface area (Å²) >= 11 is 0. The molecule has 6 nitrogen and oxygen atoms in total. The number of rotatable bonds is 6. The maximum absolute atomic E-state index is 12.4. The third kappa shape index (κ3) is 4.80. The molecule has 1 unspecified atom stereocenters. The number of aromatic amines is 1. The van der Waals surface area contributed by atoms with Gasteiger partial charge in [-0.1, -0.05) is 18.2 Å². The third-order valence-electron chi connectivity index (χ3n) is 4.50. The molecule has 0 fully saturated rings. The molecule has 3 rings (SSSR count). The summed E-state index contributed by atoms with van der Waals surface area (Å²) in [4.78, 5) is 33.0. The van der Waals surface area contributed by atoms with Crippen molar-refractivity contribution in [2.75, 3.05) is 18.4 Å². The lowest BCUT2D eigenvalue weighted by molar-refractivity contribution is -0.904. The quantitative estimate of drug-likeness (QED) is 0.621. The molecule has 2 aromatic carbocycles. The van der Waals surface area contributed by atoms with Crippen LogP contribution in [-0.4, -0.2) is 29.0 Å². The van der Waals surface area contributed by atoms with Gasteiger partial charge in [-0.25, -0.2) is 4.98 Å². The van der Waals surface area contributed by atoms with Crippen molar-refractivity contribution < 1.29 is 9.69 Å². The summed E-state index contributed by atoms with van der Waals surface area (Å²) in [5, 5.41) is 3.54. The van der Waals surface area contributed by atoms with Crippen LogP contribution in [0, 0.1) is 13.8 Å². The van der Waals surface area contributed by atoms with Gasteiger partial charge in [0.1, 0.15) is 6.54 Å². The molecule has 3 N–H and O–H groups in total. The number of para-hydroxylation sites is 1. The van der Waals surface area contributed by atoms with Crippen LogP contribution in [0.5, 0.6) is 0 Å². The third-order valence-corrected chi connectivity index (χ3v) is 4.50. The van der Waals surface area contributed by atoms with Crippen molar-refractivity contribution in [2.45, 2.75) is 27.3 Å². The number of carbonyl (C=O) groups is 1. The fourth-order valence-electron chi connectivity index (χ4n) is 3.25. The Morgan fingerprint density at radius 2 is 1.85 bits per heavy atom. The number of H-pyrrole nitrogens is 1. The Morgan fingerprint density at radius 1 is 1.15 bits per heavy atom. The zero-order chi connectivity index (χ0) is 19.4. The molecule has 1 amide bonds. The Bertz CT molecular complexity index is 1010. The van der Waals surface area contributed by atoms with E-state index in [9.17, 15) is 9.59 Å². The van der Waals surface area contributed by atoms with Crippen molar-refractivity contribution in [1.82, 2.24) is 9.97 Å². The normalized spacial score (nSPS) is 12.1. The summed E-state index contributed by atoms with van der Waals surface area (Å²) in [5.41, 5.74) is 3.56. The summed E-state index contributed by atoms with van der Waals surface area (Å²) in [7, 11) is 0. The van der Waals surface area contributed by atoms with E-state index in [0.29, 0.717) is 29.8 Å². The molecular formula is C21H25N4O2+. The van der Waals surface area contributed by atoms with Crippen LogP contribution < -0.4 is 15.8 Å². The van der Waals surface area contributed by atoms with Crippen molar-refractivity contribution in [2.24, 2.45) is 0 Å². The molecule has 1 aromatic heterocycles. The molecular weight excluding hydrogens is 340 g/mol. The largest absolute Gasteiger partial charge is 0.321 e. The van der Waals surface area contributed by atoms with Crippen LogP contribution in [-0.2, 0) is 11.3 Å². The first-order valence-corrected chi connectivity index (χ1v) is 9.14. The predicted octanol–water partition coefficient (Wildman–Crippen LogP) is 1.58. The van der Waals surface area contributed by atoms with E-state index in [0.717, 1.165) is 28.3 Å². The number of aryl methyl sites for hydroxylation is 2. The Morgan fingerprint density at radius 3 is 2.56 bits per heavy atom. The monoisotopic (exact) mass is 365 g/mol. The first kappa shape index (κ1) is 18.8. The van der Waals surface area contributed by atoms with E-state index >= 15 is 0 Å². The molecule has 0 saturated heterocycles. The highest BCUT2D eigenvalue weighted by atomic mass is 16.2. The van der Waals surface area contributed by atoms with E-state index in [1.54, 1.807) is 6.07 Å². The summed E-state index contributed by atoms with van der Waals surface area (Å²) < 4.78 is 0. The number of quaternary nitrogens is 1. The number of carbonyl (C=O) groups excluding carboxylic acids is 1. The highest BCUT2D eigenvalue weighted by Gasteiger charge is 2.15. The van der Waals surface area contributed by atoms with E-state index in [2.05, 4.69) is 21.4 Å². The second-order valence-electron chi connectivity index (χ2n) is 6.91. The lowest BCUT2D eigenvalue weighted by Gasteiger charge is -2.17. The topological polar surface area (TPSA) is 79.3 Å². The van der Waals surface area contributed by atoms with Crippen molar-refractivity contribution in [3.8, 4) is 0 Å². The molecule has 0 aliphatic heterocycles. The predicted molar refractivity (Wildman–Crippen MR) is 107 cm³/mol. The average molecular weight is 365 g/mol. The van der Waals surface area contributed by atoms with Crippen molar-refractivity contribution in [1.29, 1.82) is 0 Å². The van der Waals surface area contributed by atoms with Gasteiger partial charge in [-0.05, 0) is 56.2 Å². The van der Waals surface area contributed by atoms with Crippen molar-refractivity contribution in [3.63, 3.8) is 0 Å². The maximum Gasteiger partial charge on any atom is 0.279 e. The van der Waals surface area contributed by atoms with Gasteiger partial charge in [0.25, 0.3) is 11.5 Å². The van der Waals surface area contributed by atoms with Gasteiger partial charge in [0.2, 0.25) is 0 Å². The first-order chi connectivity index (χ1) is 12.9. The van der Waals surface area contributed by atoms with Crippen molar-refractivity contribution >= 4 is 22.5 Å². The van der Waals surface area contributed by atoms with Crippen LogP contribution in [0.15, 0.2) is 47.3 Å². The fourth-order valence-corrected chi connectivity index (χ4v) is 3.25. The highest BCUT2D eigenvalue weighted by molar-refractivity contribution is 5.91. The molecule has 6 heteroatoms. The number of benzene rings is 2. The second kappa shape index (κ2) is 8.14. The smallest absolute Gasteiger partial charge is 0.279 e. The standard InChI is InChI=1S/C21H24N4O2/c1-4-25(13-20(26)22-16-10-14(2)9-15(3)11-16)12-19-23-18-8-6-5-7-17(18)21(27)24-19/h5-11H,4,12-13H2,1-3H3,(H,22,26)(H,23,24,27)/p+1. The van der Waals surface area contributed by atoms with E-state index < -0.39 is 0 Å². The zero-order valence-electron chi connectivity index (χ0n) is 15.9. The van der Waals surface area contributed by atoms with Crippen LogP contribution in [0.4, 0.5) is 5.69 Å². The van der Waals surface area contributed by atoms with Crippen LogP contribution in [0.3, 0.4) is 0 Å². The Balaban J connectivity index is 1.70. The highest BCUT2D eigenvalue weighted by Crippen LogP contribution is 2.13. The van der Waals surface area contributed by atoms with E-state index in [4.69, 9.17) is 0 Å². The molecule has 140 valence electrons. The van der Waals surface area contributed by atoms with E-state index in [1.807, 2.05) is 51.1 Å². The van der Waals surface area contributed by atoms with Crippen LogP contribution in [0.2, 0.25) is 0 Å². The van der Waals surface area contributed by atoms with Gasteiger partial charge in [-0.15, -0.1) is 0 Å². The summed E-state index contributed by atoms with van der Waals surface area (Å²) in [5.74, 6) is 0.537. The molecule has 0 aliphatic carbocycles. The average Bonchev–Trinajstić information content (AvgIpc) is 2.60. The second-order valence-corrected chi connectivity index (χ2v) is 6.91. The lowest BCUT2D eigenvalue weighted by atomic mass is 10.1. The summed E-state index contributed by atoms with van der Waals surface area (Å²) in [6.45, 7) is 7.56. The van der Waals surface area contributed by atoms with E-state index in [-0.39, 0.29) is 11.5 Å². The van der Waals surface area contributed by atoms with Crippen LogP contribution in [0.1, 0.15) is 23.9 Å². The number of hydrogen-bond donors (Lipinski definition) is 3. The van der Waals surface area contributed by atoms with Crippen LogP contribution >= 0.6 is 0 Å². The minimum Gasteiger partial charge on any atom is -0.321 e. The minimum absolute atomic E-state index is 0.0556. The lowest BCUT2D eigenvalue weighted by Crippen LogP contribution is -3.11. The summed E-state index contributed by atoms with van der Waals surface area (Å²) in [6, 6.07) is 13.2. The Labute approximate surface area is 158 Å². The molecule has 0 spiro atoms. The molecule has 0 radical (unpaired) electrons. The molecule has 0 bridgehead atoms. The number of amides is 1. The van der Waals surface area contributed by atoms with Gasteiger partial charge in [0.05, 0.1) is 17.4 Å². The van der Waals surface area contributed by atoms with Gasteiger partial charge in [0.15, 0.2) is 12.4 Å². The van der Waals surface area contributed by atoms with Crippen molar-refractivity contribution in [3.05, 3.63) is 69.8 Å². The number of likely N-dealkylation sites (N-methyl/N-ethyl adjacent to an activating group) is 1. The molecule has 0 saturated carbocycles. The molecule has 27 heavy (non-hydrogen) atoms. The maximum atomic E-state index is 12.4. The van der Waals surface area contributed by atoms with Gasteiger partial charge in [-0.2, -0.15) is 0 Å². The number of nitrogens with one attached hydrogen (secondary N) is 3. The SMILES string of the molecule is CC[NH+](CC(=O)Nc1cc(C)cc(C)c1)Cc1nc2ccccc2c(=O)[nH]1. The first-order valence-electron chi connectivity index (χ1n) is 9.14. The van der Waals surface area contributed by atoms with Gasteiger partial charge < -0.3 is 15.2 Å². The minimum atomic E-state index is -0.147. The van der Waals surface area contributed by atoms with E-state index in [1.165, 1.54) is 0 Å². The number of aromatic nitrogens is 2. The Kier molecular flexibility index (Phi) is 5.66. The number of fused-ring (bicyclic) bond motifs is 1. The number of nitrogens with zero attached hydrogens (tertiary/aromatic N) is 1. The molecule has 0 aliphatic rings. The molecule has 1 atom stereocenters. The van der Waals surface area contributed by atoms with Crippen LogP contribution in [0.25, 0.3) is 10.9 Å². The summed E-state index contributed by atoms with van der Waals surface area (Å²) in [6.07, 6.45) is 0. The zero-order valence-corrected chi connectivity index (χ0v) is 15.9. The molecule has 1 heterocycles. The number of hydrogen-bond acceptors (Lipinski definition) is 3. The number of anilines is 1. The van der Waals surface area contributed by atoms with Gasteiger partial charge in [0, 0.05) is 5.69 Å². The molecule has 3 aromatic rings. The Hall–Kier alpha value is -2.99. The van der Waals surface area contributed by atoms with Gasteiger partial charge in [-0.3, -0.25) is 9.59 Å².